The number of nitrogens with one attached hydrogen (secondary N) is 1. The van der Waals surface area contributed by atoms with Crippen molar-refractivity contribution >= 4 is 17.7 Å². The van der Waals surface area contributed by atoms with E-state index < -0.39 is 5.97 Å². The second-order valence-electron chi connectivity index (χ2n) is 1.61. The Kier molecular flexibility index (Phi) is 4.31. The minimum Gasteiger partial charge on any atom is -0.480 e. The van der Waals surface area contributed by atoms with Gasteiger partial charge in [0.25, 0.3) is 0 Å². The molecule has 1 atom stereocenters. The summed E-state index contributed by atoms with van der Waals surface area (Å²) in [6.07, 6.45) is 0. The third-order valence-corrected chi connectivity index (χ3v) is 1.95. The van der Waals surface area contributed by atoms with Gasteiger partial charge in [-0.3, -0.25) is 10.1 Å². The van der Waals surface area contributed by atoms with Crippen LogP contribution in [0.5, 0.6) is 0 Å². The summed E-state index contributed by atoms with van der Waals surface area (Å²) in [5, 5.41) is 11.2. The molecule has 0 spiro atoms. The molecule has 54 valence electrons. The maximum Gasteiger partial charge on any atom is 0.321 e. The Hall–Kier alpha value is 0.299. The quantitative estimate of drug-likeness (QED) is 0.557. The van der Waals surface area contributed by atoms with E-state index >= 15 is 0 Å². The molecule has 0 aromatic carbocycles. The summed E-state index contributed by atoms with van der Waals surface area (Å²) in [4.78, 5) is 10.1. The van der Waals surface area contributed by atoms with Gasteiger partial charge in [0.2, 0.25) is 0 Å². The van der Waals surface area contributed by atoms with Crippen LogP contribution in [0, 0.1) is 0 Å². The van der Waals surface area contributed by atoms with Crippen molar-refractivity contribution in [3.05, 3.63) is 0 Å². The van der Waals surface area contributed by atoms with Crippen molar-refractivity contribution in [3.8, 4) is 0 Å². The Bertz CT molecular complexity index is 105. The Morgan fingerprint density at radius 1 is 1.78 bits per heavy atom. The number of hydrogen-bond donors (Lipinski definition) is 2. The zero-order valence-electron chi connectivity index (χ0n) is 4.61. The van der Waals surface area contributed by atoms with Crippen molar-refractivity contribution < 1.29 is 27.0 Å². The molecule has 5 heteroatoms. The molecule has 1 unspecified atom stereocenters. The van der Waals surface area contributed by atoms with Crippen molar-refractivity contribution in [2.24, 2.45) is 0 Å². The average molecular weight is 189 g/mol. The van der Waals surface area contributed by atoms with E-state index in [0.29, 0.717) is 5.75 Å². The van der Waals surface area contributed by atoms with Crippen molar-refractivity contribution in [2.75, 3.05) is 11.6 Å². The van der Waals surface area contributed by atoms with Gasteiger partial charge in [-0.25, -0.2) is 0 Å². The number of carboxylic acid groups (broad SMARTS) is 1. The van der Waals surface area contributed by atoms with Gasteiger partial charge in [-0.1, -0.05) is 0 Å². The van der Waals surface area contributed by atoms with Crippen LogP contribution < -0.4 is 5.32 Å². The van der Waals surface area contributed by atoms with Gasteiger partial charge in [0.1, 0.15) is 6.04 Å². The molecule has 1 heterocycles. The summed E-state index contributed by atoms with van der Waals surface area (Å²) in [7, 11) is 0. The maximum absolute atomic E-state index is 10.1. The van der Waals surface area contributed by atoms with Crippen molar-refractivity contribution in [3.63, 3.8) is 0 Å². The molecule has 0 amide bonds. The van der Waals surface area contributed by atoms with Crippen molar-refractivity contribution in [1.82, 2.24) is 5.32 Å². The van der Waals surface area contributed by atoms with Gasteiger partial charge in [0.15, 0.2) is 0 Å². The van der Waals surface area contributed by atoms with Crippen LogP contribution in [0.2, 0.25) is 0 Å². The molecule has 0 radical (unpaired) electrons. The SMILES string of the molecule is O=C(O)C1CSCN1.[Fe]. The molecule has 9 heavy (non-hydrogen) atoms. The van der Waals surface area contributed by atoms with E-state index in [-0.39, 0.29) is 23.1 Å². The smallest absolute Gasteiger partial charge is 0.321 e. The maximum atomic E-state index is 10.1. The normalized spacial score (nSPS) is 25.1. The van der Waals surface area contributed by atoms with E-state index in [9.17, 15) is 4.79 Å². The first kappa shape index (κ1) is 9.30. The van der Waals surface area contributed by atoms with Crippen molar-refractivity contribution in [2.45, 2.75) is 6.04 Å². The topological polar surface area (TPSA) is 49.3 Å². The number of carbonyl (C=O) groups is 1. The Balaban J connectivity index is 0.000000640. The predicted octanol–water partition coefficient (Wildman–Crippen LogP) is -0.269. The first-order chi connectivity index (χ1) is 3.80. The molecular formula is C4H7FeNO2S. The summed E-state index contributed by atoms with van der Waals surface area (Å²) < 4.78 is 0. The number of thioether (sulfide) groups is 1. The Morgan fingerprint density at radius 2 is 2.44 bits per heavy atom. The molecule has 1 aliphatic heterocycles. The molecule has 0 aromatic heterocycles. The molecule has 1 rings (SSSR count). The van der Waals surface area contributed by atoms with Gasteiger partial charge in [0.05, 0.1) is 0 Å². The standard InChI is InChI=1S/C4H7NO2S.Fe/c6-4(7)3-1-8-2-5-3;/h3,5H,1-2H2,(H,6,7);. The molecule has 0 aliphatic carbocycles. The Morgan fingerprint density at radius 3 is 2.67 bits per heavy atom. The van der Waals surface area contributed by atoms with Crippen LogP contribution in [-0.4, -0.2) is 28.7 Å². The van der Waals surface area contributed by atoms with Gasteiger partial charge in [-0.05, 0) is 0 Å². The zero-order chi connectivity index (χ0) is 5.98. The first-order valence-corrected chi connectivity index (χ1v) is 3.50. The largest absolute Gasteiger partial charge is 0.480 e. The average Bonchev–Trinajstić information content (AvgIpc) is 2.12. The fourth-order valence-electron chi connectivity index (χ4n) is 0.554. The van der Waals surface area contributed by atoms with Crippen LogP contribution in [0.15, 0.2) is 0 Å². The summed E-state index contributed by atoms with van der Waals surface area (Å²) in [5.74, 6) is 0.738. The van der Waals surface area contributed by atoms with E-state index in [0.717, 1.165) is 5.88 Å². The van der Waals surface area contributed by atoms with Crippen LogP contribution >= 0.6 is 11.8 Å². The van der Waals surface area contributed by atoms with Crippen LogP contribution in [0.25, 0.3) is 0 Å². The first-order valence-electron chi connectivity index (χ1n) is 2.34. The molecule has 2 N–H and O–H groups in total. The summed E-state index contributed by atoms with van der Waals surface area (Å²) in [6.45, 7) is 0. The van der Waals surface area contributed by atoms with E-state index in [1.54, 1.807) is 11.8 Å². The second kappa shape index (κ2) is 4.17. The minimum absolute atomic E-state index is 0. The molecule has 1 saturated heterocycles. The Labute approximate surface area is 68.1 Å². The third kappa shape index (κ3) is 2.58. The summed E-state index contributed by atoms with van der Waals surface area (Å²) in [6, 6.07) is -0.306. The second-order valence-corrected chi connectivity index (χ2v) is 2.64. The third-order valence-electron chi connectivity index (χ3n) is 1.01. The van der Waals surface area contributed by atoms with Crippen LogP contribution in [0.4, 0.5) is 0 Å². The molecular weight excluding hydrogens is 182 g/mol. The number of rotatable bonds is 1. The van der Waals surface area contributed by atoms with Crippen LogP contribution in [-0.2, 0) is 21.9 Å². The van der Waals surface area contributed by atoms with E-state index in [2.05, 4.69) is 5.32 Å². The van der Waals surface area contributed by atoms with Gasteiger partial charge in [-0.2, -0.15) is 0 Å². The van der Waals surface area contributed by atoms with Gasteiger partial charge in [-0.15, -0.1) is 11.8 Å². The monoisotopic (exact) mass is 189 g/mol. The number of aliphatic carboxylic acids is 1. The molecule has 0 bridgehead atoms. The summed E-state index contributed by atoms with van der Waals surface area (Å²) >= 11 is 1.62. The molecule has 1 fully saturated rings. The van der Waals surface area contributed by atoms with E-state index in [4.69, 9.17) is 5.11 Å². The van der Waals surface area contributed by atoms with Crippen LogP contribution in [0.1, 0.15) is 0 Å². The van der Waals surface area contributed by atoms with E-state index in [1.807, 2.05) is 0 Å². The van der Waals surface area contributed by atoms with Crippen LogP contribution in [0.3, 0.4) is 0 Å². The fourth-order valence-corrected chi connectivity index (χ4v) is 1.49. The summed E-state index contributed by atoms with van der Waals surface area (Å²) in [5.41, 5.74) is 0. The minimum atomic E-state index is -0.741. The predicted molar refractivity (Wildman–Crippen MR) is 31.9 cm³/mol. The fraction of sp³-hybridized carbons (Fsp3) is 0.750. The molecule has 0 saturated carbocycles. The van der Waals surface area contributed by atoms with Gasteiger partial charge in [0, 0.05) is 28.7 Å². The number of hydrogen-bond acceptors (Lipinski definition) is 3. The van der Waals surface area contributed by atoms with Gasteiger partial charge >= 0.3 is 5.97 Å². The van der Waals surface area contributed by atoms with Crippen molar-refractivity contribution in [1.29, 1.82) is 0 Å². The zero-order valence-corrected chi connectivity index (χ0v) is 6.53. The molecule has 1 aliphatic rings. The number of carboxylic acids is 1. The van der Waals surface area contributed by atoms with E-state index in [1.165, 1.54) is 0 Å². The van der Waals surface area contributed by atoms with Gasteiger partial charge < -0.3 is 5.11 Å². The molecule has 0 aromatic rings. The molecule has 3 nitrogen and oxygen atoms in total.